The van der Waals surface area contributed by atoms with E-state index in [0.717, 1.165) is 11.1 Å². The molecule has 1 fully saturated rings. The molecule has 0 aliphatic carbocycles. The molecule has 0 spiro atoms. The minimum absolute atomic E-state index is 0.281. The number of nitrogens with zero attached hydrogens (tertiary/aromatic N) is 1. The second-order valence-electron chi connectivity index (χ2n) is 6.63. The predicted octanol–water partition coefficient (Wildman–Crippen LogP) is 4.31. The molecule has 1 heterocycles. The number of ether oxygens (including phenoxy) is 1. The van der Waals surface area contributed by atoms with Crippen molar-refractivity contribution in [3.63, 3.8) is 0 Å². The van der Waals surface area contributed by atoms with Crippen molar-refractivity contribution < 1.29 is 18.7 Å². The van der Waals surface area contributed by atoms with E-state index in [1.165, 1.54) is 17.0 Å². The van der Waals surface area contributed by atoms with Crippen molar-refractivity contribution in [3.8, 4) is 5.75 Å². The van der Waals surface area contributed by atoms with E-state index in [4.69, 9.17) is 4.74 Å². The Morgan fingerprint density at radius 1 is 0.929 bits per heavy atom. The SMILES string of the molecule is O=C[C@@H]1C(=O)N(c2ccc(F)cc2)[C@@H]1c1ccc(OCc2ccccc2)cc1. The Morgan fingerprint density at radius 3 is 2.25 bits per heavy atom. The molecule has 0 aromatic heterocycles. The van der Waals surface area contributed by atoms with E-state index in [2.05, 4.69) is 0 Å². The quantitative estimate of drug-likeness (QED) is 0.366. The Balaban J connectivity index is 1.52. The first-order valence-corrected chi connectivity index (χ1v) is 8.98. The van der Waals surface area contributed by atoms with Crippen LogP contribution >= 0.6 is 0 Å². The zero-order valence-corrected chi connectivity index (χ0v) is 15.0. The average molecular weight is 375 g/mol. The van der Waals surface area contributed by atoms with Gasteiger partial charge < -0.3 is 14.4 Å². The van der Waals surface area contributed by atoms with Crippen LogP contribution in [0, 0.1) is 11.7 Å². The van der Waals surface area contributed by atoms with Crippen molar-refractivity contribution in [2.45, 2.75) is 12.6 Å². The summed E-state index contributed by atoms with van der Waals surface area (Å²) < 4.78 is 19.0. The fraction of sp³-hybridized carbons (Fsp3) is 0.130. The van der Waals surface area contributed by atoms with Gasteiger partial charge in [-0.3, -0.25) is 4.79 Å². The topological polar surface area (TPSA) is 46.6 Å². The number of aldehydes is 1. The summed E-state index contributed by atoms with van der Waals surface area (Å²) in [6.45, 7) is 0.459. The van der Waals surface area contributed by atoms with Crippen LogP contribution in [0.3, 0.4) is 0 Å². The van der Waals surface area contributed by atoms with Crippen molar-refractivity contribution in [3.05, 3.63) is 95.8 Å². The second kappa shape index (κ2) is 7.64. The Labute approximate surface area is 162 Å². The zero-order valence-electron chi connectivity index (χ0n) is 15.0. The van der Waals surface area contributed by atoms with E-state index in [-0.39, 0.29) is 11.7 Å². The van der Waals surface area contributed by atoms with Gasteiger partial charge in [0.05, 0.1) is 6.04 Å². The van der Waals surface area contributed by atoms with Crippen LogP contribution in [0.2, 0.25) is 0 Å². The summed E-state index contributed by atoms with van der Waals surface area (Å²) in [5, 5.41) is 0. The summed E-state index contributed by atoms with van der Waals surface area (Å²) in [5.74, 6) is -0.688. The van der Waals surface area contributed by atoms with E-state index in [0.29, 0.717) is 24.3 Å². The summed E-state index contributed by atoms with van der Waals surface area (Å²) in [6.07, 6.45) is 0.673. The van der Waals surface area contributed by atoms with Crippen molar-refractivity contribution in [2.24, 2.45) is 5.92 Å². The lowest BCUT2D eigenvalue weighted by atomic mass is 9.83. The van der Waals surface area contributed by atoms with E-state index < -0.39 is 12.0 Å². The summed E-state index contributed by atoms with van der Waals surface area (Å²) in [4.78, 5) is 25.3. The summed E-state index contributed by atoms with van der Waals surface area (Å²) >= 11 is 0. The maximum Gasteiger partial charge on any atom is 0.240 e. The number of carbonyl (C=O) groups is 2. The van der Waals surface area contributed by atoms with Gasteiger partial charge in [0.2, 0.25) is 5.91 Å². The maximum absolute atomic E-state index is 13.2. The number of amides is 1. The van der Waals surface area contributed by atoms with E-state index in [1.807, 2.05) is 54.6 Å². The van der Waals surface area contributed by atoms with Gasteiger partial charge in [0.1, 0.15) is 30.4 Å². The number of anilines is 1. The van der Waals surface area contributed by atoms with Crippen LogP contribution in [-0.4, -0.2) is 12.2 Å². The minimum atomic E-state index is -0.735. The Morgan fingerprint density at radius 2 is 1.61 bits per heavy atom. The van der Waals surface area contributed by atoms with Crippen LogP contribution in [0.5, 0.6) is 5.75 Å². The molecule has 5 heteroatoms. The van der Waals surface area contributed by atoms with E-state index in [1.54, 1.807) is 12.1 Å². The third kappa shape index (κ3) is 3.39. The standard InChI is InChI=1S/C23H18FNO3/c24-18-8-10-19(11-9-18)25-22(21(14-26)23(25)27)17-6-12-20(13-7-17)28-15-16-4-2-1-3-5-16/h1-14,21-22H,15H2/t21-,22+/m0/s1. The number of rotatable bonds is 6. The van der Waals surface area contributed by atoms with Crippen LogP contribution in [0.25, 0.3) is 0 Å². The van der Waals surface area contributed by atoms with Gasteiger partial charge in [-0.1, -0.05) is 42.5 Å². The number of β-lactam (4-membered cyclic amide) rings is 1. The number of hydrogen-bond acceptors (Lipinski definition) is 3. The van der Waals surface area contributed by atoms with Gasteiger partial charge in [0.15, 0.2) is 0 Å². The molecule has 1 aliphatic heterocycles. The molecule has 0 saturated carbocycles. The molecule has 1 saturated heterocycles. The largest absolute Gasteiger partial charge is 0.489 e. The lowest BCUT2D eigenvalue weighted by molar-refractivity contribution is -0.134. The van der Waals surface area contributed by atoms with Crippen molar-refractivity contribution in [2.75, 3.05) is 4.90 Å². The highest BCUT2D eigenvalue weighted by molar-refractivity contribution is 6.10. The van der Waals surface area contributed by atoms with Crippen LogP contribution in [-0.2, 0) is 16.2 Å². The lowest BCUT2D eigenvalue weighted by Gasteiger charge is -2.45. The fourth-order valence-corrected chi connectivity index (χ4v) is 3.39. The summed E-state index contributed by atoms with van der Waals surface area (Å²) in [6, 6.07) is 22.5. The Bertz CT molecular complexity index is 971. The molecule has 1 amide bonds. The molecule has 1 aliphatic rings. The van der Waals surface area contributed by atoms with Crippen molar-refractivity contribution in [1.29, 1.82) is 0 Å². The molecule has 140 valence electrons. The van der Waals surface area contributed by atoms with Gasteiger partial charge in [0.25, 0.3) is 0 Å². The molecule has 3 aromatic rings. The molecular weight excluding hydrogens is 357 g/mol. The van der Waals surface area contributed by atoms with Crippen LogP contribution in [0.15, 0.2) is 78.9 Å². The predicted molar refractivity (Wildman–Crippen MR) is 103 cm³/mol. The Hall–Kier alpha value is -3.47. The van der Waals surface area contributed by atoms with Crippen LogP contribution < -0.4 is 9.64 Å². The highest BCUT2D eigenvalue weighted by atomic mass is 19.1. The van der Waals surface area contributed by atoms with E-state index >= 15 is 0 Å². The van der Waals surface area contributed by atoms with Gasteiger partial charge >= 0.3 is 0 Å². The third-order valence-electron chi connectivity index (χ3n) is 4.86. The smallest absolute Gasteiger partial charge is 0.240 e. The number of halogens is 1. The molecule has 0 radical (unpaired) electrons. The first-order chi connectivity index (χ1) is 13.7. The highest BCUT2D eigenvalue weighted by Gasteiger charge is 2.48. The first-order valence-electron chi connectivity index (χ1n) is 8.98. The van der Waals surface area contributed by atoms with Gasteiger partial charge in [-0.2, -0.15) is 0 Å². The Kier molecular flexibility index (Phi) is 4.89. The molecule has 3 aromatic carbocycles. The van der Waals surface area contributed by atoms with Crippen molar-refractivity contribution >= 4 is 17.9 Å². The first kappa shape index (κ1) is 17.9. The van der Waals surface area contributed by atoms with Crippen LogP contribution in [0.1, 0.15) is 17.2 Å². The molecule has 28 heavy (non-hydrogen) atoms. The second-order valence-corrected chi connectivity index (χ2v) is 6.63. The number of benzene rings is 3. The monoisotopic (exact) mass is 375 g/mol. The molecule has 0 bridgehead atoms. The maximum atomic E-state index is 13.2. The summed E-state index contributed by atoms with van der Waals surface area (Å²) in [5.41, 5.74) is 2.46. The molecule has 0 unspecified atom stereocenters. The average Bonchev–Trinajstić information content (AvgIpc) is 2.73. The van der Waals surface area contributed by atoms with Crippen LogP contribution in [0.4, 0.5) is 10.1 Å². The van der Waals surface area contributed by atoms with Gasteiger partial charge in [0, 0.05) is 5.69 Å². The third-order valence-corrected chi connectivity index (χ3v) is 4.86. The van der Waals surface area contributed by atoms with Gasteiger partial charge in [-0.05, 0) is 47.5 Å². The fourth-order valence-electron chi connectivity index (χ4n) is 3.39. The minimum Gasteiger partial charge on any atom is -0.489 e. The highest BCUT2D eigenvalue weighted by Crippen LogP contribution is 2.42. The van der Waals surface area contributed by atoms with Gasteiger partial charge in [-0.25, -0.2) is 4.39 Å². The molecule has 4 nitrogen and oxygen atoms in total. The normalized spacial score (nSPS) is 18.5. The lowest BCUT2D eigenvalue weighted by Crippen LogP contribution is -2.56. The molecule has 4 rings (SSSR count). The van der Waals surface area contributed by atoms with E-state index in [9.17, 15) is 14.0 Å². The van der Waals surface area contributed by atoms with Gasteiger partial charge in [-0.15, -0.1) is 0 Å². The summed E-state index contributed by atoms with van der Waals surface area (Å²) in [7, 11) is 0. The zero-order chi connectivity index (χ0) is 19.5. The molecule has 0 N–H and O–H groups in total. The number of carbonyl (C=O) groups excluding carboxylic acids is 2. The number of hydrogen-bond donors (Lipinski definition) is 0. The van der Waals surface area contributed by atoms with Crippen molar-refractivity contribution in [1.82, 2.24) is 0 Å². The molecule has 2 atom stereocenters. The molecular formula is C23H18FNO3.